The molecule has 0 aliphatic heterocycles. The molecule has 0 fully saturated rings. The molecule has 0 saturated heterocycles. The molecule has 0 bridgehead atoms. The first-order chi connectivity index (χ1) is 10.2. The zero-order valence-electron chi connectivity index (χ0n) is 11.9. The Morgan fingerprint density at radius 1 is 1.14 bits per heavy atom. The van der Waals surface area contributed by atoms with Crippen LogP contribution >= 0.6 is 0 Å². The number of nitrogens with zero attached hydrogens (tertiary/aromatic N) is 1. The number of carbonyl (C=O) groups is 1. The maximum atomic E-state index is 12.0. The molecule has 1 heterocycles. The molecular formula is C17H17N3O. The summed E-state index contributed by atoms with van der Waals surface area (Å²) < 4.78 is 0. The molecule has 0 radical (unpaired) electrons. The van der Waals surface area contributed by atoms with Crippen molar-refractivity contribution in [1.82, 2.24) is 15.3 Å². The number of H-pyrrole nitrogens is 1. The fraction of sp³-hybridized carbons (Fsp3) is 0.176. The third-order valence-corrected chi connectivity index (χ3v) is 3.46. The van der Waals surface area contributed by atoms with Crippen LogP contribution in [0.25, 0.3) is 11.0 Å². The van der Waals surface area contributed by atoms with Crippen molar-refractivity contribution in [2.75, 3.05) is 0 Å². The fourth-order valence-corrected chi connectivity index (χ4v) is 2.25. The largest absolute Gasteiger partial charge is 0.352 e. The van der Waals surface area contributed by atoms with Crippen molar-refractivity contribution >= 4 is 16.9 Å². The Morgan fingerprint density at radius 3 is 2.71 bits per heavy atom. The van der Waals surface area contributed by atoms with Crippen molar-refractivity contribution < 1.29 is 4.79 Å². The normalized spacial score (nSPS) is 10.7. The lowest BCUT2D eigenvalue weighted by Gasteiger charge is -2.06. The molecule has 0 saturated carbocycles. The van der Waals surface area contributed by atoms with Crippen molar-refractivity contribution in [2.45, 2.75) is 19.9 Å². The van der Waals surface area contributed by atoms with Crippen molar-refractivity contribution in [3.63, 3.8) is 0 Å². The lowest BCUT2D eigenvalue weighted by atomic mass is 10.1. The molecule has 4 nitrogen and oxygen atoms in total. The fourth-order valence-electron chi connectivity index (χ4n) is 2.25. The zero-order chi connectivity index (χ0) is 14.7. The highest BCUT2D eigenvalue weighted by Gasteiger charge is 2.05. The van der Waals surface area contributed by atoms with Crippen LogP contribution in [0.5, 0.6) is 0 Å². The molecule has 2 N–H and O–H groups in total. The number of imidazole rings is 1. The van der Waals surface area contributed by atoms with Crippen molar-refractivity contribution in [1.29, 1.82) is 0 Å². The van der Waals surface area contributed by atoms with Gasteiger partial charge in [-0.1, -0.05) is 35.9 Å². The van der Waals surface area contributed by atoms with Gasteiger partial charge in [-0.3, -0.25) is 4.79 Å². The number of carbonyl (C=O) groups excluding carboxylic acids is 1. The predicted molar refractivity (Wildman–Crippen MR) is 82.8 cm³/mol. The summed E-state index contributed by atoms with van der Waals surface area (Å²) in [7, 11) is 0. The van der Waals surface area contributed by atoms with Gasteiger partial charge in [-0.15, -0.1) is 0 Å². The minimum Gasteiger partial charge on any atom is -0.352 e. The van der Waals surface area contributed by atoms with Crippen LogP contribution in [0.15, 0.2) is 48.8 Å². The second-order valence-corrected chi connectivity index (χ2v) is 5.19. The van der Waals surface area contributed by atoms with E-state index in [4.69, 9.17) is 0 Å². The third-order valence-electron chi connectivity index (χ3n) is 3.46. The molecule has 0 unspecified atom stereocenters. The van der Waals surface area contributed by atoms with E-state index in [2.05, 4.69) is 15.3 Å². The van der Waals surface area contributed by atoms with Gasteiger partial charge in [-0.05, 0) is 30.2 Å². The third kappa shape index (κ3) is 3.28. The quantitative estimate of drug-likeness (QED) is 0.771. The maximum Gasteiger partial charge on any atom is 0.224 e. The predicted octanol–water partition coefficient (Wildman–Crippen LogP) is 2.73. The number of aromatic nitrogens is 2. The van der Waals surface area contributed by atoms with E-state index in [-0.39, 0.29) is 5.91 Å². The van der Waals surface area contributed by atoms with Gasteiger partial charge in [0.05, 0.1) is 23.8 Å². The molecule has 1 amide bonds. The van der Waals surface area contributed by atoms with E-state index < -0.39 is 0 Å². The molecule has 0 aliphatic rings. The lowest BCUT2D eigenvalue weighted by molar-refractivity contribution is -0.120. The molecule has 0 atom stereocenters. The number of hydrogen-bond donors (Lipinski definition) is 2. The van der Waals surface area contributed by atoms with Crippen LogP contribution in [-0.4, -0.2) is 15.9 Å². The monoisotopic (exact) mass is 279 g/mol. The van der Waals surface area contributed by atoms with Gasteiger partial charge >= 0.3 is 0 Å². The molecule has 3 aromatic rings. The van der Waals surface area contributed by atoms with Crippen molar-refractivity contribution in [3.05, 3.63) is 65.5 Å². The highest BCUT2D eigenvalue weighted by molar-refractivity contribution is 5.81. The summed E-state index contributed by atoms with van der Waals surface area (Å²) in [5.41, 5.74) is 5.18. The van der Waals surface area contributed by atoms with Gasteiger partial charge in [0.25, 0.3) is 0 Å². The molecule has 2 aromatic carbocycles. The average Bonchev–Trinajstić information content (AvgIpc) is 2.94. The van der Waals surface area contributed by atoms with Crippen molar-refractivity contribution in [2.24, 2.45) is 0 Å². The van der Waals surface area contributed by atoms with E-state index in [1.807, 2.05) is 49.4 Å². The molecule has 3 rings (SSSR count). The van der Waals surface area contributed by atoms with Gasteiger partial charge in [-0.2, -0.15) is 0 Å². The minimum absolute atomic E-state index is 0.0226. The first-order valence-corrected chi connectivity index (χ1v) is 6.95. The molecular weight excluding hydrogens is 262 g/mol. The number of rotatable bonds is 4. The minimum atomic E-state index is 0.0226. The smallest absolute Gasteiger partial charge is 0.224 e. The van der Waals surface area contributed by atoms with Crippen molar-refractivity contribution in [3.8, 4) is 0 Å². The summed E-state index contributed by atoms with van der Waals surface area (Å²) in [4.78, 5) is 19.2. The van der Waals surface area contributed by atoms with E-state index >= 15 is 0 Å². The summed E-state index contributed by atoms with van der Waals surface area (Å²) in [6, 6.07) is 14.0. The zero-order valence-corrected chi connectivity index (χ0v) is 11.9. The summed E-state index contributed by atoms with van der Waals surface area (Å²) in [5, 5.41) is 2.94. The molecule has 21 heavy (non-hydrogen) atoms. The van der Waals surface area contributed by atoms with Gasteiger partial charge < -0.3 is 10.3 Å². The van der Waals surface area contributed by atoms with Crippen LogP contribution in [-0.2, 0) is 17.8 Å². The Hall–Kier alpha value is -2.62. The standard InChI is InChI=1S/C17H17N3O/c1-12-2-4-13(5-3-12)10-18-17(21)9-14-6-7-15-16(8-14)20-11-19-15/h2-8,11H,9-10H2,1H3,(H,18,21)(H,19,20). The Bertz CT molecular complexity index is 759. The van der Waals surface area contributed by atoms with E-state index in [0.717, 1.165) is 22.2 Å². The number of benzene rings is 2. The van der Waals surface area contributed by atoms with Crippen LogP contribution < -0.4 is 5.32 Å². The number of amides is 1. The Balaban J connectivity index is 1.59. The van der Waals surface area contributed by atoms with Crippen LogP contribution in [0.1, 0.15) is 16.7 Å². The second kappa shape index (κ2) is 5.79. The number of hydrogen-bond acceptors (Lipinski definition) is 2. The van der Waals surface area contributed by atoms with E-state index in [0.29, 0.717) is 13.0 Å². The molecule has 0 spiro atoms. The average molecular weight is 279 g/mol. The molecule has 4 heteroatoms. The highest BCUT2D eigenvalue weighted by atomic mass is 16.1. The topological polar surface area (TPSA) is 57.8 Å². The van der Waals surface area contributed by atoms with Gasteiger partial charge in [0.2, 0.25) is 5.91 Å². The second-order valence-electron chi connectivity index (χ2n) is 5.19. The van der Waals surface area contributed by atoms with Crippen LogP contribution in [0.2, 0.25) is 0 Å². The Labute approximate surface area is 123 Å². The molecule has 106 valence electrons. The van der Waals surface area contributed by atoms with Crippen LogP contribution in [0, 0.1) is 6.92 Å². The summed E-state index contributed by atoms with van der Waals surface area (Å²) >= 11 is 0. The summed E-state index contributed by atoms with van der Waals surface area (Å²) in [5.74, 6) is 0.0226. The van der Waals surface area contributed by atoms with Gasteiger partial charge in [-0.25, -0.2) is 4.98 Å². The van der Waals surface area contributed by atoms with Gasteiger partial charge in [0.15, 0.2) is 0 Å². The summed E-state index contributed by atoms with van der Waals surface area (Å²) in [6.45, 7) is 2.61. The van der Waals surface area contributed by atoms with Gasteiger partial charge in [0.1, 0.15) is 0 Å². The number of aromatic amines is 1. The van der Waals surface area contributed by atoms with Gasteiger partial charge in [0, 0.05) is 6.54 Å². The van der Waals surface area contributed by atoms with E-state index in [1.165, 1.54) is 5.56 Å². The maximum absolute atomic E-state index is 12.0. The SMILES string of the molecule is Cc1ccc(CNC(=O)Cc2ccc3nc[nH]c3c2)cc1. The highest BCUT2D eigenvalue weighted by Crippen LogP contribution is 2.12. The molecule has 1 aromatic heterocycles. The first-order valence-electron chi connectivity index (χ1n) is 6.95. The Kier molecular flexibility index (Phi) is 3.69. The van der Waals surface area contributed by atoms with Crippen LogP contribution in [0.3, 0.4) is 0 Å². The number of fused-ring (bicyclic) bond motifs is 1. The number of nitrogens with one attached hydrogen (secondary N) is 2. The Morgan fingerprint density at radius 2 is 1.90 bits per heavy atom. The van der Waals surface area contributed by atoms with Crippen LogP contribution in [0.4, 0.5) is 0 Å². The van der Waals surface area contributed by atoms with E-state index in [1.54, 1.807) is 6.33 Å². The lowest BCUT2D eigenvalue weighted by Crippen LogP contribution is -2.24. The first kappa shape index (κ1) is 13.4. The number of aryl methyl sites for hydroxylation is 1. The van der Waals surface area contributed by atoms with E-state index in [9.17, 15) is 4.79 Å². The molecule has 0 aliphatic carbocycles. The summed E-state index contributed by atoms with van der Waals surface area (Å²) in [6.07, 6.45) is 2.03.